The Labute approximate surface area is 129 Å². The van der Waals surface area contributed by atoms with Crippen molar-refractivity contribution in [3.63, 3.8) is 0 Å². The van der Waals surface area contributed by atoms with E-state index in [-0.39, 0.29) is 17.4 Å². The Morgan fingerprint density at radius 3 is 2.64 bits per heavy atom. The molecule has 5 heteroatoms. The molecule has 0 radical (unpaired) electrons. The van der Waals surface area contributed by atoms with Gasteiger partial charge in [0, 0.05) is 25.1 Å². The monoisotopic (exact) mass is 300 g/mol. The van der Waals surface area contributed by atoms with Crippen LogP contribution in [0.5, 0.6) is 0 Å². The molecule has 0 bridgehead atoms. The molecule has 0 aromatic heterocycles. The third kappa shape index (κ3) is 2.20. The summed E-state index contributed by atoms with van der Waals surface area (Å²) in [6.45, 7) is 2.31. The Kier molecular flexibility index (Phi) is 3.18. The lowest BCUT2D eigenvalue weighted by Gasteiger charge is -2.48. The van der Waals surface area contributed by atoms with Gasteiger partial charge in [-0.2, -0.15) is 0 Å². The minimum Gasteiger partial charge on any atom is -0.375 e. The van der Waals surface area contributed by atoms with E-state index in [0.717, 1.165) is 44.5 Å². The van der Waals surface area contributed by atoms with Crippen LogP contribution in [0, 0.1) is 0 Å². The smallest absolute Gasteiger partial charge is 0.252 e. The third-order valence-corrected chi connectivity index (χ3v) is 5.24. The average molecular weight is 300 g/mol. The molecular weight excluding hydrogens is 280 g/mol. The summed E-state index contributed by atoms with van der Waals surface area (Å²) in [5.41, 5.74) is 1.69. The molecule has 2 amide bonds. The Morgan fingerprint density at radius 2 is 1.95 bits per heavy atom. The van der Waals surface area contributed by atoms with Gasteiger partial charge in [0.05, 0.1) is 12.2 Å². The lowest BCUT2D eigenvalue weighted by atomic mass is 9.84. The van der Waals surface area contributed by atoms with Crippen molar-refractivity contribution in [2.75, 3.05) is 19.7 Å². The molecule has 3 heterocycles. The molecule has 1 spiro atoms. The van der Waals surface area contributed by atoms with Crippen molar-refractivity contribution in [1.29, 1.82) is 0 Å². The fourth-order valence-electron chi connectivity index (χ4n) is 3.72. The van der Waals surface area contributed by atoms with E-state index in [4.69, 9.17) is 4.74 Å². The fourth-order valence-corrected chi connectivity index (χ4v) is 3.72. The first-order valence-electron chi connectivity index (χ1n) is 7.98. The van der Waals surface area contributed by atoms with Crippen LogP contribution in [-0.2, 0) is 16.0 Å². The number of ether oxygens (including phenoxy) is 1. The summed E-state index contributed by atoms with van der Waals surface area (Å²) in [5, 5.41) is 2.86. The summed E-state index contributed by atoms with van der Waals surface area (Å²) in [7, 11) is 0. The van der Waals surface area contributed by atoms with E-state index < -0.39 is 6.04 Å². The molecule has 1 atom stereocenters. The summed E-state index contributed by atoms with van der Waals surface area (Å²) in [6, 6.07) is 7.07. The Hall–Kier alpha value is -1.88. The number of benzene rings is 1. The van der Waals surface area contributed by atoms with Crippen LogP contribution < -0.4 is 5.32 Å². The van der Waals surface area contributed by atoms with Gasteiger partial charge in [0.15, 0.2) is 0 Å². The molecule has 116 valence electrons. The van der Waals surface area contributed by atoms with Crippen LogP contribution in [0.15, 0.2) is 24.3 Å². The molecule has 22 heavy (non-hydrogen) atoms. The predicted octanol–water partition coefficient (Wildman–Crippen LogP) is 1.12. The second-order valence-electron chi connectivity index (χ2n) is 6.49. The summed E-state index contributed by atoms with van der Waals surface area (Å²) in [6.07, 6.45) is 3.52. The molecule has 5 nitrogen and oxygen atoms in total. The standard InChI is InChI=1S/C17H20N2O3/c20-15-13-4-2-1-3-12(13)11-14(18-15)16(21)19-8-5-17(6-9-19)7-10-22-17/h1-4,14H,5-11H2,(H,18,20). The van der Waals surface area contributed by atoms with Crippen molar-refractivity contribution in [2.45, 2.75) is 37.3 Å². The number of hydrogen-bond acceptors (Lipinski definition) is 3. The van der Waals surface area contributed by atoms with Gasteiger partial charge in [0.1, 0.15) is 6.04 Å². The molecule has 4 rings (SSSR count). The first kappa shape index (κ1) is 13.8. The minimum atomic E-state index is -0.432. The van der Waals surface area contributed by atoms with Crippen LogP contribution in [0.1, 0.15) is 35.2 Å². The van der Waals surface area contributed by atoms with Crippen molar-refractivity contribution >= 4 is 11.8 Å². The predicted molar refractivity (Wildman–Crippen MR) is 80.5 cm³/mol. The van der Waals surface area contributed by atoms with Gasteiger partial charge in [0.25, 0.3) is 5.91 Å². The van der Waals surface area contributed by atoms with E-state index in [2.05, 4.69) is 5.32 Å². The normalized spacial score (nSPS) is 26.1. The highest BCUT2D eigenvalue weighted by Gasteiger charge is 2.43. The summed E-state index contributed by atoms with van der Waals surface area (Å²) in [4.78, 5) is 26.7. The van der Waals surface area contributed by atoms with Crippen molar-refractivity contribution < 1.29 is 14.3 Å². The maximum Gasteiger partial charge on any atom is 0.252 e. The van der Waals surface area contributed by atoms with E-state index in [1.807, 2.05) is 29.2 Å². The quantitative estimate of drug-likeness (QED) is 0.845. The molecule has 3 aliphatic heterocycles. The molecule has 3 aliphatic rings. The largest absolute Gasteiger partial charge is 0.375 e. The van der Waals surface area contributed by atoms with Crippen molar-refractivity contribution in [3.05, 3.63) is 35.4 Å². The number of rotatable bonds is 1. The van der Waals surface area contributed by atoms with Crippen molar-refractivity contribution in [1.82, 2.24) is 10.2 Å². The molecule has 2 saturated heterocycles. The number of hydrogen-bond donors (Lipinski definition) is 1. The zero-order valence-electron chi connectivity index (χ0n) is 12.5. The Morgan fingerprint density at radius 1 is 1.23 bits per heavy atom. The molecule has 2 fully saturated rings. The average Bonchev–Trinajstić information content (AvgIpc) is 2.53. The molecule has 0 saturated carbocycles. The zero-order valence-corrected chi connectivity index (χ0v) is 12.5. The van der Waals surface area contributed by atoms with Crippen LogP contribution in [0.4, 0.5) is 0 Å². The molecule has 0 aliphatic carbocycles. The molecular formula is C17H20N2O3. The number of nitrogens with one attached hydrogen (secondary N) is 1. The van der Waals surface area contributed by atoms with Gasteiger partial charge in [-0.25, -0.2) is 0 Å². The van der Waals surface area contributed by atoms with Crippen LogP contribution in [-0.4, -0.2) is 48.1 Å². The summed E-state index contributed by atoms with van der Waals surface area (Å²) in [5.74, 6) is -0.104. The van der Waals surface area contributed by atoms with Gasteiger partial charge in [-0.05, 0) is 30.9 Å². The fraction of sp³-hybridized carbons (Fsp3) is 0.529. The molecule has 1 aromatic rings. The van der Waals surface area contributed by atoms with Gasteiger partial charge in [-0.3, -0.25) is 9.59 Å². The summed E-state index contributed by atoms with van der Waals surface area (Å²) < 4.78 is 5.69. The van der Waals surface area contributed by atoms with E-state index in [9.17, 15) is 9.59 Å². The highest BCUT2D eigenvalue weighted by atomic mass is 16.5. The third-order valence-electron chi connectivity index (χ3n) is 5.24. The van der Waals surface area contributed by atoms with E-state index in [0.29, 0.717) is 12.0 Å². The second kappa shape index (κ2) is 5.09. The topological polar surface area (TPSA) is 58.6 Å². The van der Waals surface area contributed by atoms with Gasteiger partial charge >= 0.3 is 0 Å². The zero-order chi connectivity index (χ0) is 15.2. The van der Waals surface area contributed by atoms with Gasteiger partial charge in [0.2, 0.25) is 5.91 Å². The Bertz CT molecular complexity index is 614. The first-order valence-corrected chi connectivity index (χ1v) is 7.98. The number of carbonyl (C=O) groups is 2. The van der Waals surface area contributed by atoms with E-state index >= 15 is 0 Å². The number of nitrogens with zero attached hydrogens (tertiary/aromatic N) is 1. The maximum atomic E-state index is 12.7. The lowest BCUT2D eigenvalue weighted by Crippen LogP contribution is -2.58. The lowest BCUT2D eigenvalue weighted by molar-refractivity contribution is -0.176. The highest BCUT2D eigenvalue weighted by molar-refractivity contribution is 6.00. The van der Waals surface area contributed by atoms with E-state index in [1.54, 1.807) is 0 Å². The first-order chi connectivity index (χ1) is 10.7. The minimum absolute atomic E-state index is 0.0389. The number of fused-ring (bicyclic) bond motifs is 1. The van der Waals surface area contributed by atoms with Crippen LogP contribution in [0.2, 0.25) is 0 Å². The molecule has 1 aromatic carbocycles. The van der Waals surface area contributed by atoms with Crippen LogP contribution in [0.25, 0.3) is 0 Å². The maximum absolute atomic E-state index is 12.7. The number of likely N-dealkylation sites (tertiary alicyclic amines) is 1. The van der Waals surface area contributed by atoms with Crippen molar-refractivity contribution in [3.8, 4) is 0 Å². The van der Waals surface area contributed by atoms with Gasteiger partial charge in [-0.1, -0.05) is 18.2 Å². The number of carbonyl (C=O) groups excluding carboxylic acids is 2. The number of amides is 2. The highest BCUT2D eigenvalue weighted by Crippen LogP contribution is 2.36. The molecule has 1 unspecified atom stereocenters. The van der Waals surface area contributed by atoms with Crippen molar-refractivity contribution in [2.24, 2.45) is 0 Å². The van der Waals surface area contributed by atoms with Crippen LogP contribution in [0.3, 0.4) is 0 Å². The second-order valence-corrected chi connectivity index (χ2v) is 6.49. The Balaban J connectivity index is 1.45. The van der Waals surface area contributed by atoms with E-state index in [1.165, 1.54) is 0 Å². The van der Waals surface area contributed by atoms with Crippen LogP contribution >= 0.6 is 0 Å². The number of piperidine rings is 1. The van der Waals surface area contributed by atoms with Gasteiger partial charge < -0.3 is 15.0 Å². The summed E-state index contributed by atoms with van der Waals surface area (Å²) >= 11 is 0. The van der Waals surface area contributed by atoms with Gasteiger partial charge in [-0.15, -0.1) is 0 Å². The molecule has 1 N–H and O–H groups in total. The SMILES string of the molecule is O=C1NC(C(=O)N2CCC3(CCO3)CC2)Cc2ccccc21.